The molecule has 0 spiro atoms. The Morgan fingerprint density at radius 1 is 1.00 bits per heavy atom. The second kappa shape index (κ2) is 12.3. The summed E-state index contributed by atoms with van der Waals surface area (Å²) < 4.78 is 5.05. The van der Waals surface area contributed by atoms with Crippen LogP contribution in [0.25, 0.3) is 0 Å². The third-order valence-electron chi connectivity index (χ3n) is 2.47. The lowest BCUT2D eigenvalue weighted by atomic mass is 10.1. The van der Waals surface area contributed by atoms with Crippen LogP contribution in [0.15, 0.2) is 12.2 Å². The van der Waals surface area contributed by atoms with Crippen LogP contribution in [-0.2, 0) is 9.53 Å². The van der Waals surface area contributed by atoms with Gasteiger partial charge in [-0.1, -0.05) is 52.0 Å². The highest BCUT2D eigenvalue weighted by atomic mass is 16.5. The van der Waals surface area contributed by atoms with E-state index < -0.39 is 0 Å². The quantitative estimate of drug-likeness (QED) is 0.316. The lowest BCUT2D eigenvalue weighted by Gasteiger charge is -2.00. The van der Waals surface area contributed by atoms with Crippen molar-refractivity contribution in [1.82, 2.24) is 0 Å². The summed E-state index contributed by atoms with van der Waals surface area (Å²) in [6.45, 7) is 4.90. The SMILES string of the molecule is CCCCCC/C=C/C(=O)OCCCCC. The fourth-order valence-electron chi connectivity index (χ4n) is 1.44. The third kappa shape index (κ3) is 11.3. The zero-order valence-corrected chi connectivity index (χ0v) is 10.8. The van der Waals surface area contributed by atoms with Crippen molar-refractivity contribution in [2.45, 2.75) is 65.2 Å². The van der Waals surface area contributed by atoms with Crippen molar-refractivity contribution in [3.63, 3.8) is 0 Å². The molecule has 0 fully saturated rings. The van der Waals surface area contributed by atoms with Gasteiger partial charge in [0.25, 0.3) is 0 Å². The number of allylic oxidation sites excluding steroid dienone is 1. The maximum absolute atomic E-state index is 11.2. The Bertz CT molecular complexity index is 185. The lowest BCUT2D eigenvalue weighted by molar-refractivity contribution is -0.137. The van der Waals surface area contributed by atoms with E-state index >= 15 is 0 Å². The topological polar surface area (TPSA) is 26.3 Å². The fraction of sp³-hybridized carbons (Fsp3) is 0.786. The Morgan fingerprint density at radius 2 is 1.69 bits per heavy atom. The summed E-state index contributed by atoms with van der Waals surface area (Å²) in [6, 6.07) is 0. The molecule has 0 bridgehead atoms. The molecule has 0 heterocycles. The predicted molar refractivity (Wildman–Crippen MR) is 68.4 cm³/mol. The molecule has 0 rings (SSSR count). The van der Waals surface area contributed by atoms with E-state index in [4.69, 9.17) is 4.74 Å². The molecule has 94 valence electrons. The van der Waals surface area contributed by atoms with Gasteiger partial charge in [0.2, 0.25) is 0 Å². The first-order valence-electron chi connectivity index (χ1n) is 6.64. The van der Waals surface area contributed by atoms with Crippen LogP contribution in [0.2, 0.25) is 0 Å². The molecule has 0 atom stereocenters. The van der Waals surface area contributed by atoms with Gasteiger partial charge in [-0.2, -0.15) is 0 Å². The molecule has 0 aromatic heterocycles. The number of carbonyl (C=O) groups is 1. The average Bonchev–Trinajstić information content (AvgIpc) is 2.29. The van der Waals surface area contributed by atoms with Crippen LogP contribution >= 0.6 is 0 Å². The van der Waals surface area contributed by atoms with E-state index in [2.05, 4.69) is 13.8 Å². The molecule has 2 nitrogen and oxygen atoms in total. The van der Waals surface area contributed by atoms with Crippen LogP contribution in [0, 0.1) is 0 Å². The maximum atomic E-state index is 11.2. The van der Waals surface area contributed by atoms with Crippen LogP contribution in [-0.4, -0.2) is 12.6 Å². The molecule has 0 amide bonds. The second-order valence-electron chi connectivity index (χ2n) is 4.13. The number of hydrogen-bond donors (Lipinski definition) is 0. The average molecular weight is 226 g/mol. The van der Waals surface area contributed by atoms with E-state index in [0.717, 1.165) is 25.7 Å². The zero-order chi connectivity index (χ0) is 12.1. The Labute approximate surface area is 100 Å². The maximum Gasteiger partial charge on any atom is 0.330 e. The molecule has 0 saturated carbocycles. The van der Waals surface area contributed by atoms with Crippen LogP contribution in [0.4, 0.5) is 0 Å². The molecule has 0 aliphatic rings. The minimum absolute atomic E-state index is 0.188. The largest absolute Gasteiger partial charge is 0.463 e. The Morgan fingerprint density at radius 3 is 2.38 bits per heavy atom. The number of ether oxygens (including phenoxy) is 1. The number of carbonyl (C=O) groups excluding carboxylic acids is 1. The van der Waals surface area contributed by atoms with Gasteiger partial charge in [0, 0.05) is 6.08 Å². The smallest absolute Gasteiger partial charge is 0.330 e. The summed E-state index contributed by atoms with van der Waals surface area (Å²) in [5.41, 5.74) is 0. The Hall–Kier alpha value is -0.790. The molecule has 0 aliphatic carbocycles. The lowest BCUT2D eigenvalue weighted by Crippen LogP contribution is -2.01. The van der Waals surface area contributed by atoms with E-state index in [1.165, 1.54) is 25.7 Å². The van der Waals surface area contributed by atoms with Crippen LogP contribution in [0.5, 0.6) is 0 Å². The van der Waals surface area contributed by atoms with Gasteiger partial charge in [0.05, 0.1) is 6.61 Å². The monoisotopic (exact) mass is 226 g/mol. The summed E-state index contributed by atoms with van der Waals surface area (Å²) in [5.74, 6) is -0.188. The van der Waals surface area contributed by atoms with Crippen molar-refractivity contribution in [3.05, 3.63) is 12.2 Å². The normalized spacial score (nSPS) is 10.9. The van der Waals surface area contributed by atoms with Gasteiger partial charge in [-0.05, 0) is 19.3 Å². The minimum atomic E-state index is -0.188. The number of unbranched alkanes of at least 4 members (excludes halogenated alkanes) is 6. The first-order valence-corrected chi connectivity index (χ1v) is 6.64. The van der Waals surface area contributed by atoms with Gasteiger partial charge in [-0.25, -0.2) is 4.79 Å². The van der Waals surface area contributed by atoms with Gasteiger partial charge in [-0.15, -0.1) is 0 Å². The summed E-state index contributed by atoms with van der Waals surface area (Å²) >= 11 is 0. The summed E-state index contributed by atoms with van der Waals surface area (Å²) in [5, 5.41) is 0. The molecule has 0 radical (unpaired) electrons. The summed E-state index contributed by atoms with van der Waals surface area (Å²) in [6.07, 6.45) is 12.7. The molecular weight excluding hydrogens is 200 g/mol. The molecule has 2 heteroatoms. The van der Waals surface area contributed by atoms with Gasteiger partial charge < -0.3 is 4.74 Å². The molecule has 0 aromatic rings. The zero-order valence-electron chi connectivity index (χ0n) is 10.8. The molecule has 0 N–H and O–H groups in total. The second-order valence-corrected chi connectivity index (χ2v) is 4.13. The van der Waals surface area contributed by atoms with E-state index in [9.17, 15) is 4.79 Å². The fourth-order valence-corrected chi connectivity index (χ4v) is 1.44. The Kier molecular flexibility index (Phi) is 11.7. The minimum Gasteiger partial charge on any atom is -0.463 e. The molecule has 0 aromatic carbocycles. The van der Waals surface area contributed by atoms with Crippen LogP contribution in [0.1, 0.15) is 65.2 Å². The van der Waals surface area contributed by atoms with Crippen LogP contribution in [0.3, 0.4) is 0 Å². The predicted octanol–water partition coefficient (Wildman–Crippen LogP) is 4.25. The molecule has 0 aliphatic heterocycles. The van der Waals surface area contributed by atoms with E-state index in [1.807, 2.05) is 6.08 Å². The molecular formula is C14H26O2. The highest BCUT2D eigenvalue weighted by molar-refractivity contribution is 5.81. The first-order chi connectivity index (χ1) is 7.81. The highest BCUT2D eigenvalue weighted by Gasteiger charge is 1.95. The first kappa shape index (κ1) is 15.2. The number of hydrogen-bond acceptors (Lipinski definition) is 2. The van der Waals surface area contributed by atoms with Crippen molar-refractivity contribution >= 4 is 5.97 Å². The number of rotatable bonds is 10. The number of esters is 1. The van der Waals surface area contributed by atoms with Gasteiger partial charge in [0.1, 0.15) is 0 Å². The van der Waals surface area contributed by atoms with Gasteiger partial charge >= 0.3 is 5.97 Å². The van der Waals surface area contributed by atoms with Crippen molar-refractivity contribution in [2.24, 2.45) is 0 Å². The standard InChI is InChI=1S/C14H26O2/c1-3-5-7-8-9-10-12-14(15)16-13-11-6-4-2/h10,12H,3-9,11,13H2,1-2H3/b12-10+. The summed E-state index contributed by atoms with van der Waals surface area (Å²) in [7, 11) is 0. The van der Waals surface area contributed by atoms with E-state index in [-0.39, 0.29) is 5.97 Å². The third-order valence-corrected chi connectivity index (χ3v) is 2.47. The molecule has 16 heavy (non-hydrogen) atoms. The van der Waals surface area contributed by atoms with E-state index in [0.29, 0.717) is 6.61 Å². The van der Waals surface area contributed by atoms with Crippen LogP contribution < -0.4 is 0 Å². The molecule has 0 unspecified atom stereocenters. The van der Waals surface area contributed by atoms with Crippen molar-refractivity contribution in [2.75, 3.05) is 6.61 Å². The molecule has 0 saturated heterocycles. The highest BCUT2D eigenvalue weighted by Crippen LogP contribution is 2.03. The van der Waals surface area contributed by atoms with Crippen molar-refractivity contribution < 1.29 is 9.53 Å². The van der Waals surface area contributed by atoms with E-state index in [1.54, 1.807) is 6.08 Å². The van der Waals surface area contributed by atoms with Crippen molar-refractivity contribution in [3.8, 4) is 0 Å². The summed E-state index contributed by atoms with van der Waals surface area (Å²) in [4.78, 5) is 11.2. The van der Waals surface area contributed by atoms with Gasteiger partial charge in [-0.3, -0.25) is 0 Å². The van der Waals surface area contributed by atoms with Gasteiger partial charge in [0.15, 0.2) is 0 Å². The van der Waals surface area contributed by atoms with Crippen molar-refractivity contribution in [1.29, 1.82) is 0 Å². The Balaban J connectivity index is 3.30.